The van der Waals surface area contributed by atoms with E-state index in [1.165, 1.54) is 44.3 Å². The predicted octanol–water partition coefficient (Wildman–Crippen LogP) is 2.99. The molecule has 100 valence electrons. The summed E-state index contributed by atoms with van der Waals surface area (Å²) in [7, 11) is 0. The van der Waals surface area contributed by atoms with E-state index in [9.17, 15) is 0 Å². The number of benzene rings is 1. The highest BCUT2D eigenvalue weighted by Crippen LogP contribution is 2.24. The second kappa shape index (κ2) is 6.91. The van der Waals surface area contributed by atoms with Crippen LogP contribution in [-0.2, 0) is 0 Å². The largest absolute Gasteiger partial charge is 0.329 e. The smallest absolute Gasteiger partial charge is 0.0224 e. The Kier molecular flexibility index (Phi) is 5.21. The molecule has 0 radical (unpaired) electrons. The molecule has 2 heteroatoms. The molecule has 2 unspecified atom stereocenters. The Morgan fingerprint density at radius 1 is 1.11 bits per heavy atom. The number of rotatable bonds is 5. The van der Waals surface area contributed by atoms with E-state index in [-0.39, 0.29) is 0 Å². The van der Waals surface area contributed by atoms with Gasteiger partial charge in [-0.25, -0.2) is 0 Å². The van der Waals surface area contributed by atoms with Crippen molar-refractivity contribution < 1.29 is 0 Å². The Labute approximate surface area is 111 Å². The van der Waals surface area contributed by atoms with Gasteiger partial charge in [0.1, 0.15) is 0 Å². The van der Waals surface area contributed by atoms with Gasteiger partial charge >= 0.3 is 0 Å². The Hall–Kier alpha value is -0.860. The molecule has 1 aromatic carbocycles. The van der Waals surface area contributed by atoms with Crippen LogP contribution >= 0.6 is 0 Å². The second-order valence-corrected chi connectivity index (χ2v) is 5.53. The van der Waals surface area contributed by atoms with Gasteiger partial charge in [0.15, 0.2) is 0 Å². The van der Waals surface area contributed by atoms with Gasteiger partial charge in [0.25, 0.3) is 0 Å². The van der Waals surface area contributed by atoms with Crippen molar-refractivity contribution in [3.63, 3.8) is 0 Å². The van der Waals surface area contributed by atoms with E-state index >= 15 is 0 Å². The minimum absolute atomic E-state index is 0.556. The minimum atomic E-state index is 0.556. The molecule has 2 rings (SSSR count). The summed E-state index contributed by atoms with van der Waals surface area (Å²) >= 11 is 0. The van der Waals surface area contributed by atoms with E-state index in [1.54, 1.807) is 0 Å². The molecule has 0 saturated carbocycles. The molecule has 1 aliphatic heterocycles. The highest BCUT2D eigenvalue weighted by Gasteiger charge is 2.21. The monoisotopic (exact) mass is 246 g/mol. The van der Waals surface area contributed by atoms with Crippen molar-refractivity contribution in [2.75, 3.05) is 19.6 Å². The first-order valence-electron chi connectivity index (χ1n) is 7.30. The van der Waals surface area contributed by atoms with Crippen LogP contribution in [0.25, 0.3) is 0 Å². The topological polar surface area (TPSA) is 29.3 Å². The fourth-order valence-electron chi connectivity index (χ4n) is 3.00. The third-order valence-corrected chi connectivity index (χ3v) is 4.17. The van der Waals surface area contributed by atoms with Gasteiger partial charge in [-0.05, 0) is 43.8 Å². The summed E-state index contributed by atoms with van der Waals surface area (Å²) in [6, 6.07) is 11.4. The van der Waals surface area contributed by atoms with Crippen LogP contribution in [0.15, 0.2) is 30.3 Å². The van der Waals surface area contributed by atoms with Gasteiger partial charge in [-0.3, -0.25) is 4.90 Å². The summed E-state index contributed by atoms with van der Waals surface area (Å²) in [5.74, 6) is 0.599. The third kappa shape index (κ3) is 3.56. The summed E-state index contributed by atoms with van der Waals surface area (Å²) in [6.07, 6.45) is 5.26. The number of hydrogen-bond donors (Lipinski definition) is 1. The van der Waals surface area contributed by atoms with Crippen LogP contribution in [0.1, 0.15) is 44.1 Å². The lowest BCUT2D eigenvalue weighted by Gasteiger charge is -2.35. The van der Waals surface area contributed by atoms with Crippen molar-refractivity contribution in [3.8, 4) is 0 Å². The van der Waals surface area contributed by atoms with E-state index in [4.69, 9.17) is 5.73 Å². The van der Waals surface area contributed by atoms with Gasteiger partial charge < -0.3 is 5.73 Å². The van der Waals surface area contributed by atoms with Crippen LogP contribution in [0.5, 0.6) is 0 Å². The normalized spacial score (nSPS) is 20.6. The zero-order valence-corrected chi connectivity index (χ0v) is 11.5. The maximum absolute atomic E-state index is 5.99. The molecule has 1 aliphatic rings. The van der Waals surface area contributed by atoms with Crippen LogP contribution < -0.4 is 5.73 Å². The molecule has 1 heterocycles. The van der Waals surface area contributed by atoms with Crippen molar-refractivity contribution in [2.45, 2.75) is 44.6 Å². The second-order valence-electron chi connectivity index (χ2n) is 5.53. The quantitative estimate of drug-likeness (QED) is 0.865. The van der Waals surface area contributed by atoms with Gasteiger partial charge in [-0.2, -0.15) is 0 Å². The zero-order valence-electron chi connectivity index (χ0n) is 11.5. The first-order chi connectivity index (χ1) is 8.81. The third-order valence-electron chi connectivity index (χ3n) is 4.17. The summed E-state index contributed by atoms with van der Waals surface area (Å²) in [4.78, 5) is 2.60. The fourth-order valence-corrected chi connectivity index (χ4v) is 3.00. The van der Waals surface area contributed by atoms with Crippen LogP contribution in [-0.4, -0.2) is 30.6 Å². The first kappa shape index (κ1) is 13.6. The first-order valence-corrected chi connectivity index (χ1v) is 7.30. The van der Waals surface area contributed by atoms with E-state index in [0.717, 1.165) is 6.54 Å². The van der Waals surface area contributed by atoms with E-state index in [1.807, 2.05) is 0 Å². The molecule has 2 N–H and O–H groups in total. The van der Waals surface area contributed by atoms with Gasteiger partial charge in [0.05, 0.1) is 0 Å². The highest BCUT2D eigenvalue weighted by molar-refractivity contribution is 5.18. The molecule has 0 spiro atoms. The average molecular weight is 246 g/mol. The van der Waals surface area contributed by atoms with Crippen LogP contribution in [0.4, 0.5) is 0 Å². The Morgan fingerprint density at radius 2 is 1.78 bits per heavy atom. The van der Waals surface area contributed by atoms with Crippen LogP contribution in [0.2, 0.25) is 0 Å². The molecule has 1 saturated heterocycles. The number of nitrogens with zero attached hydrogens (tertiary/aromatic N) is 1. The van der Waals surface area contributed by atoms with E-state index < -0.39 is 0 Å². The molecule has 1 fully saturated rings. The van der Waals surface area contributed by atoms with Crippen molar-refractivity contribution in [1.82, 2.24) is 4.90 Å². The number of piperidine rings is 1. The maximum Gasteiger partial charge on any atom is 0.0224 e. The average Bonchev–Trinajstić information content (AvgIpc) is 2.46. The Morgan fingerprint density at radius 3 is 2.39 bits per heavy atom. The molecule has 0 aromatic heterocycles. The SMILES string of the molecule is CC(CC(CN)N1CCCCC1)c1ccccc1. The molecule has 1 aromatic rings. The van der Waals surface area contributed by atoms with E-state index in [2.05, 4.69) is 42.2 Å². The molecule has 0 bridgehead atoms. The molecule has 2 nitrogen and oxygen atoms in total. The summed E-state index contributed by atoms with van der Waals surface area (Å²) in [5.41, 5.74) is 7.43. The van der Waals surface area contributed by atoms with Crippen molar-refractivity contribution in [2.24, 2.45) is 5.73 Å². The Bertz CT molecular complexity index is 330. The van der Waals surface area contributed by atoms with Crippen molar-refractivity contribution in [3.05, 3.63) is 35.9 Å². The number of nitrogens with two attached hydrogens (primary N) is 1. The van der Waals surface area contributed by atoms with Gasteiger partial charge in [0, 0.05) is 12.6 Å². The molecular weight excluding hydrogens is 220 g/mol. The Balaban J connectivity index is 1.93. The molecule has 0 amide bonds. The lowest BCUT2D eigenvalue weighted by atomic mass is 9.92. The standard InChI is InChI=1S/C16H26N2/c1-14(15-8-4-2-5-9-15)12-16(13-17)18-10-6-3-7-11-18/h2,4-5,8-9,14,16H,3,6-7,10-13,17H2,1H3. The molecular formula is C16H26N2. The maximum atomic E-state index is 5.99. The van der Waals surface area contributed by atoms with E-state index in [0.29, 0.717) is 12.0 Å². The highest BCUT2D eigenvalue weighted by atomic mass is 15.2. The molecule has 18 heavy (non-hydrogen) atoms. The lowest BCUT2D eigenvalue weighted by Crippen LogP contribution is -2.44. The summed E-state index contributed by atoms with van der Waals surface area (Å²) < 4.78 is 0. The predicted molar refractivity (Wildman–Crippen MR) is 77.7 cm³/mol. The molecule has 0 aliphatic carbocycles. The van der Waals surface area contributed by atoms with Gasteiger partial charge in [-0.1, -0.05) is 43.7 Å². The van der Waals surface area contributed by atoms with Crippen molar-refractivity contribution in [1.29, 1.82) is 0 Å². The fraction of sp³-hybridized carbons (Fsp3) is 0.625. The zero-order chi connectivity index (χ0) is 12.8. The van der Waals surface area contributed by atoms with Gasteiger partial charge in [0.2, 0.25) is 0 Å². The van der Waals surface area contributed by atoms with Crippen LogP contribution in [0, 0.1) is 0 Å². The molecule has 2 atom stereocenters. The van der Waals surface area contributed by atoms with Crippen molar-refractivity contribution >= 4 is 0 Å². The summed E-state index contributed by atoms with van der Waals surface area (Å²) in [5, 5.41) is 0. The number of hydrogen-bond acceptors (Lipinski definition) is 2. The van der Waals surface area contributed by atoms with Gasteiger partial charge in [-0.15, -0.1) is 0 Å². The summed E-state index contributed by atoms with van der Waals surface area (Å²) in [6.45, 7) is 5.59. The van der Waals surface area contributed by atoms with Crippen LogP contribution in [0.3, 0.4) is 0 Å². The lowest BCUT2D eigenvalue weighted by molar-refractivity contribution is 0.154. The minimum Gasteiger partial charge on any atom is -0.329 e. The number of likely N-dealkylation sites (tertiary alicyclic amines) is 1.